The van der Waals surface area contributed by atoms with Gasteiger partial charge >= 0.3 is 5.97 Å². The Morgan fingerprint density at radius 2 is 1.53 bits per heavy atom. The summed E-state index contributed by atoms with van der Waals surface area (Å²) in [6.07, 6.45) is 2.19. The standard InChI is InChI=1S/C26H24N4O4/c27-23(28)16-7-10-18(11-8-16)30-25(32)21-4-2-1-3-19(21)20-12-9-17(13-22(20)26(33)34)24(31)29-14-15-5-6-15/h1-4,7-13,15H,5-6,14H2,(H3,27,28)(H,29,31)(H,30,32)(H,33,34). The van der Waals surface area contributed by atoms with Gasteiger partial charge in [-0.15, -0.1) is 0 Å². The molecule has 6 N–H and O–H groups in total. The summed E-state index contributed by atoms with van der Waals surface area (Å²) in [6, 6.07) is 17.7. The number of amidine groups is 1. The largest absolute Gasteiger partial charge is 0.478 e. The van der Waals surface area contributed by atoms with E-state index in [-0.39, 0.29) is 28.4 Å². The number of benzene rings is 3. The number of carboxylic acid groups (broad SMARTS) is 1. The highest BCUT2D eigenvalue weighted by molar-refractivity contribution is 6.11. The summed E-state index contributed by atoms with van der Waals surface area (Å²) in [7, 11) is 0. The molecule has 2 amide bonds. The highest BCUT2D eigenvalue weighted by Crippen LogP contribution is 2.30. The van der Waals surface area contributed by atoms with E-state index < -0.39 is 11.9 Å². The fraction of sp³-hybridized carbons (Fsp3) is 0.154. The van der Waals surface area contributed by atoms with Gasteiger partial charge in [0.05, 0.1) is 5.56 Å². The molecule has 3 aromatic carbocycles. The predicted molar refractivity (Wildman–Crippen MR) is 129 cm³/mol. The van der Waals surface area contributed by atoms with Crippen LogP contribution in [-0.2, 0) is 0 Å². The number of rotatable bonds is 8. The fourth-order valence-electron chi connectivity index (χ4n) is 3.61. The van der Waals surface area contributed by atoms with Crippen molar-refractivity contribution in [1.82, 2.24) is 5.32 Å². The smallest absolute Gasteiger partial charge is 0.336 e. The molecule has 0 unspecified atom stereocenters. The maximum atomic E-state index is 13.0. The Hall–Kier alpha value is -4.46. The molecule has 8 heteroatoms. The molecule has 0 bridgehead atoms. The average Bonchev–Trinajstić information content (AvgIpc) is 3.67. The van der Waals surface area contributed by atoms with Gasteiger partial charge in [0.25, 0.3) is 11.8 Å². The first-order chi connectivity index (χ1) is 16.3. The molecule has 1 saturated carbocycles. The molecule has 172 valence electrons. The molecule has 0 saturated heterocycles. The number of carbonyl (C=O) groups is 3. The van der Waals surface area contributed by atoms with Crippen LogP contribution in [0.1, 0.15) is 49.5 Å². The third-order valence-corrected chi connectivity index (χ3v) is 5.68. The lowest BCUT2D eigenvalue weighted by Crippen LogP contribution is -2.25. The molecule has 0 spiro atoms. The van der Waals surface area contributed by atoms with Crippen LogP contribution in [0.5, 0.6) is 0 Å². The molecule has 34 heavy (non-hydrogen) atoms. The second-order valence-corrected chi connectivity index (χ2v) is 8.21. The van der Waals surface area contributed by atoms with Crippen molar-refractivity contribution >= 4 is 29.3 Å². The fourth-order valence-corrected chi connectivity index (χ4v) is 3.61. The zero-order valence-electron chi connectivity index (χ0n) is 18.3. The molecule has 8 nitrogen and oxygen atoms in total. The number of hydrogen-bond donors (Lipinski definition) is 5. The van der Waals surface area contributed by atoms with E-state index >= 15 is 0 Å². The Balaban J connectivity index is 1.62. The van der Waals surface area contributed by atoms with E-state index in [4.69, 9.17) is 11.1 Å². The lowest BCUT2D eigenvalue weighted by Gasteiger charge is -2.14. The van der Waals surface area contributed by atoms with E-state index in [0.717, 1.165) is 12.8 Å². The maximum Gasteiger partial charge on any atom is 0.336 e. The van der Waals surface area contributed by atoms with Gasteiger partial charge in [-0.25, -0.2) is 4.79 Å². The number of carboxylic acids is 1. The zero-order valence-corrected chi connectivity index (χ0v) is 18.3. The molecule has 1 aliphatic carbocycles. The quantitative estimate of drug-likeness (QED) is 0.259. The molecule has 4 rings (SSSR count). The Morgan fingerprint density at radius 1 is 0.882 bits per heavy atom. The van der Waals surface area contributed by atoms with Crippen molar-refractivity contribution in [2.45, 2.75) is 12.8 Å². The summed E-state index contributed by atoms with van der Waals surface area (Å²) in [6.45, 7) is 0.583. The molecular formula is C26H24N4O4. The van der Waals surface area contributed by atoms with Crippen LogP contribution in [0.3, 0.4) is 0 Å². The lowest BCUT2D eigenvalue weighted by atomic mass is 9.93. The van der Waals surface area contributed by atoms with Crippen LogP contribution in [0.4, 0.5) is 5.69 Å². The minimum absolute atomic E-state index is 0.0647. The van der Waals surface area contributed by atoms with Crippen molar-refractivity contribution in [2.75, 3.05) is 11.9 Å². The Kier molecular flexibility index (Phi) is 6.40. The molecule has 3 aromatic rings. The van der Waals surface area contributed by atoms with E-state index in [1.165, 1.54) is 6.07 Å². The minimum Gasteiger partial charge on any atom is -0.478 e. The number of hydrogen-bond acceptors (Lipinski definition) is 4. The first kappa shape index (κ1) is 22.7. The van der Waals surface area contributed by atoms with E-state index in [1.807, 2.05) is 0 Å². The summed E-state index contributed by atoms with van der Waals surface area (Å²) in [4.78, 5) is 37.5. The Morgan fingerprint density at radius 3 is 2.18 bits per heavy atom. The van der Waals surface area contributed by atoms with Gasteiger partial charge in [-0.3, -0.25) is 15.0 Å². The van der Waals surface area contributed by atoms with Crippen LogP contribution in [0.2, 0.25) is 0 Å². The van der Waals surface area contributed by atoms with E-state index in [9.17, 15) is 19.5 Å². The number of aromatic carboxylic acids is 1. The first-order valence-electron chi connectivity index (χ1n) is 10.8. The van der Waals surface area contributed by atoms with Gasteiger partial charge < -0.3 is 21.5 Å². The summed E-state index contributed by atoms with van der Waals surface area (Å²) in [5, 5.41) is 22.9. The highest BCUT2D eigenvalue weighted by Gasteiger charge is 2.23. The normalized spacial score (nSPS) is 12.6. The average molecular weight is 457 g/mol. The topological polar surface area (TPSA) is 145 Å². The second-order valence-electron chi connectivity index (χ2n) is 8.21. The number of nitrogens with two attached hydrogens (primary N) is 1. The summed E-state index contributed by atoms with van der Waals surface area (Å²) < 4.78 is 0. The first-order valence-corrected chi connectivity index (χ1v) is 10.8. The lowest BCUT2D eigenvalue weighted by molar-refractivity contribution is 0.0697. The third kappa shape index (κ3) is 5.12. The number of amides is 2. The van der Waals surface area contributed by atoms with E-state index in [0.29, 0.717) is 34.8 Å². The zero-order chi connectivity index (χ0) is 24.2. The van der Waals surface area contributed by atoms with Gasteiger partial charge in [0, 0.05) is 28.9 Å². The van der Waals surface area contributed by atoms with Crippen molar-refractivity contribution in [1.29, 1.82) is 5.41 Å². The summed E-state index contributed by atoms with van der Waals surface area (Å²) >= 11 is 0. The van der Waals surface area contributed by atoms with Gasteiger partial charge in [-0.2, -0.15) is 0 Å². The van der Waals surface area contributed by atoms with Crippen LogP contribution in [0, 0.1) is 11.3 Å². The molecule has 0 radical (unpaired) electrons. The van der Waals surface area contributed by atoms with Crippen molar-refractivity contribution < 1.29 is 19.5 Å². The number of nitrogens with one attached hydrogen (secondary N) is 3. The molecule has 1 aliphatic rings. The van der Waals surface area contributed by atoms with Gasteiger partial charge in [-0.05, 0) is 72.4 Å². The summed E-state index contributed by atoms with van der Waals surface area (Å²) in [5.74, 6) is -1.50. The van der Waals surface area contributed by atoms with Gasteiger partial charge in [-0.1, -0.05) is 24.3 Å². The maximum absolute atomic E-state index is 13.0. The van der Waals surface area contributed by atoms with E-state index in [1.54, 1.807) is 60.7 Å². The second kappa shape index (κ2) is 9.58. The number of carbonyl (C=O) groups excluding carboxylic acids is 2. The molecule has 0 aliphatic heterocycles. The van der Waals surface area contributed by atoms with Crippen molar-refractivity contribution in [3.05, 3.63) is 89.0 Å². The predicted octanol–water partition coefficient (Wildman–Crippen LogP) is 3.73. The van der Waals surface area contributed by atoms with Crippen molar-refractivity contribution in [2.24, 2.45) is 11.7 Å². The monoisotopic (exact) mass is 456 g/mol. The molecule has 1 fully saturated rings. The number of nitrogen functional groups attached to an aromatic ring is 1. The molecule has 0 heterocycles. The SMILES string of the molecule is N=C(N)c1ccc(NC(=O)c2ccccc2-c2ccc(C(=O)NCC3CC3)cc2C(=O)O)cc1. The van der Waals surface area contributed by atoms with Gasteiger partial charge in [0.15, 0.2) is 0 Å². The van der Waals surface area contributed by atoms with Crippen LogP contribution in [0.25, 0.3) is 11.1 Å². The number of anilines is 1. The van der Waals surface area contributed by atoms with Gasteiger partial charge in [0.1, 0.15) is 5.84 Å². The van der Waals surface area contributed by atoms with Crippen molar-refractivity contribution in [3.8, 4) is 11.1 Å². The summed E-state index contributed by atoms with van der Waals surface area (Å²) in [5.41, 5.74) is 7.75. The van der Waals surface area contributed by atoms with E-state index in [2.05, 4.69) is 10.6 Å². The minimum atomic E-state index is -1.19. The van der Waals surface area contributed by atoms with Crippen LogP contribution < -0.4 is 16.4 Å². The third-order valence-electron chi connectivity index (χ3n) is 5.68. The molecule has 0 atom stereocenters. The van der Waals surface area contributed by atoms with Gasteiger partial charge in [0.2, 0.25) is 0 Å². The van der Waals surface area contributed by atoms with Crippen LogP contribution in [-0.4, -0.2) is 35.3 Å². The van der Waals surface area contributed by atoms with Crippen molar-refractivity contribution in [3.63, 3.8) is 0 Å². The Labute approximate surface area is 196 Å². The molecule has 0 aromatic heterocycles. The molecular weight excluding hydrogens is 432 g/mol. The van der Waals surface area contributed by atoms with Crippen LogP contribution >= 0.6 is 0 Å². The Bertz CT molecular complexity index is 1280. The van der Waals surface area contributed by atoms with Crippen LogP contribution in [0.15, 0.2) is 66.7 Å². The highest BCUT2D eigenvalue weighted by atomic mass is 16.4.